The fourth-order valence-corrected chi connectivity index (χ4v) is 4.65. The summed E-state index contributed by atoms with van der Waals surface area (Å²) in [6.45, 7) is 2.55. The molecule has 1 fully saturated rings. The van der Waals surface area contributed by atoms with Crippen LogP contribution < -0.4 is 10.6 Å². The highest BCUT2D eigenvalue weighted by Crippen LogP contribution is 2.28. The second kappa shape index (κ2) is 10.9. The van der Waals surface area contributed by atoms with E-state index in [1.165, 1.54) is 12.3 Å². The molecule has 0 saturated carbocycles. The summed E-state index contributed by atoms with van der Waals surface area (Å²) in [5.74, 6) is 0.00212. The van der Waals surface area contributed by atoms with Gasteiger partial charge in [0.15, 0.2) is 0 Å². The first-order chi connectivity index (χ1) is 18.0. The van der Waals surface area contributed by atoms with Crippen LogP contribution in [-0.4, -0.2) is 74.9 Å². The van der Waals surface area contributed by atoms with E-state index in [-0.39, 0.29) is 18.0 Å². The van der Waals surface area contributed by atoms with Gasteiger partial charge in [0.1, 0.15) is 11.6 Å². The van der Waals surface area contributed by atoms with E-state index in [0.29, 0.717) is 37.8 Å². The Morgan fingerprint density at radius 3 is 2.73 bits per heavy atom. The molecule has 11 heteroatoms. The predicted molar refractivity (Wildman–Crippen MR) is 137 cm³/mol. The predicted octanol–water partition coefficient (Wildman–Crippen LogP) is 3.04. The number of carbonyl (C=O) groups excluding carboxylic acids is 1. The van der Waals surface area contributed by atoms with Gasteiger partial charge in [-0.05, 0) is 23.8 Å². The van der Waals surface area contributed by atoms with Crippen LogP contribution in [0.4, 0.5) is 15.0 Å². The minimum atomic E-state index is -0.397. The van der Waals surface area contributed by atoms with E-state index in [4.69, 9.17) is 9.84 Å². The lowest BCUT2D eigenvalue weighted by Crippen LogP contribution is -2.42. The Bertz CT molecular complexity index is 1360. The number of carbonyl (C=O) groups is 1. The quantitative estimate of drug-likeness (QED) is 0.383. The molecular formula is C26H29FN8O2. The van der Waals surface area contributed by atoms with Gasteiger partial charge in [0.25, 0.3) is 0 Å². The first-order valence-electron chi connectivity index (χ1n) is 12.0. The Balaban J connectivity index is 1.38. The average Bonchev–Trinajstić information content (AvgIpc) is 3.62. The number of benzene rings is 1. The maximum Gasteiger partial charge on any atom is 0.320 e. The van der Waals surface area contributed by atoms with E-state index in [1.807, 2.05) is 49.6 Å². The molecule has 2 unspecified atom stereocenters. The van der Waals surface area contributed by atoms with Gasteiger partial charge in [-0.1, -0.05) is 18.2 Å². The number of halogens is 1. The van der Waals surface area contributed by atoms with Crippen LogP contribution in [0.1, 0.15) is 11.5 Å². The maximum atomic E-state index is 13.9. The van der Waals surface area contributed by atoms with E-state index >= 15 is 0 Å². The van der Waals surface area contributed by atoms with Gasteiger partial charge in [0.2, 0.25) is 0 Å². The van der Waals surface area contributed by atoms with Crippen LogP contribution in [0.5, 0.6) is 0 Å². The van der Waals surface area contributed by atoms with Crippen molar-refractivity contribution in [3.8, 4) is 16.9 Å². The van der Waals surface area contributed by atoms with E-state index in [9.17, 15) is 9.18 Å². The highest BCUT2D eigenvalue weighted by atomic mass is 19.1. The van der Waals surface area contributed by atoms with Crippen LogP contribution in [-0.2, 0) is 11.8 Å². The number of methoxy groups -OCH3 is 1. The van der Waals surface area contributed by atoms with Crippen molar-refractivity contribution in [2.45, 2.75) is 12.0 Å². The number of urea groups is 1. The molecule has 192 valence electrons. The van der Waals surface area contributed by atoms with Crippen LogP contribution >= 0.6 is 0 Å². The van der Waals surface area contributed by atoms with E-state index in [0.717, 1.165) is 16.8 Å². The summed E-state index contributed by atoms with van der Waals surface area (Å²) >= 11 is 0. The summed E-state index contributed by atoms with van der Waals surface area (Å²) < 4.78 is 22.6. The first-order valence-corrected chi connectivity index (χ1v) is 12.0. The van der Waals surface area contributed by atoms with Crippen molar-refractivity contribution in [2.24, 2.45) is 7.05 Å². The standard InChI is InChI=1S/C26H29FN8O2/c1-33-15-19(13-29-33)23-11-25(35(32-23)21-6-4-3-5-7-21)31-26(36)30-24-17-34(8-9-37-2)16-22(24)18-10-20(27)14-28-12-18/h3-7,10-15,22,24H,8-9,16-17H2,1-2H3,(H2,30,31,36). The highest BCUT2D eigenvalue weighted by molar-refractivity contribution is 5.89. The number of pyridine rings is 1. The summed E-state index contributed by atoms with van der Waals surface area (Å²) in [5, 5.41) is 15.0. The van der Waals surface area contributed by atoms with Crippen LogP contribution in [0.2, 0.25) is 0 Å². The van der Waals surface area contributed by atoms with Gasteiger partial charge in [-0.25, -0.2) is 13.9 Å². The molecule has 0 aliphatic carbocycles. The Hall–Kier alpha value is -4.09. The Morgan fingerprint density at radius 1 is 1.16 bits per heavy atom. The Kier molecular flexibility index (Phi) is 7.24. The minimum Gasteiger partial charge on any atom is -0.383 e. The summed E-state index contributed by atoms with van der Waals surface area (Å²) in [5.41, 5.74) is 3.08. The fourth-order valence-electron chi connectivity index (χ4n) is 4.65. The molecule has 0 bridgehead atoms. The number of hydrogen-bond donors (Lipinski definition) is 2. The van der Waals surface area contributed by atoms with Crippen LogP contribution in [0.15, 0.2) is 67.3 Å². The fraction of sp³-hybridized carbons (Fsp3) is 0.308. The second-order valence-electron chi connectivity index (χ2n) is 9.07. The van der Waals surface area contributed by atoms with Crippen LogP contribution in [0, 0.1) is 5.82 Å². The van der Waals surface area contributed by atoms with Crippen molar-refractivity contribution in [3.63, 3.8) is 0 Å². The number of likely N-dealkylation sites (tertiary alicyclic amines) is 1. The summed E-state index contributed by atoms with van der Waals surface area (Å²) in [6.07, 6.45) is 6.43. The zero-order chi connectivity index (χ0) is 25.8. The summed E-state index contributed by atoms with van der Waals surface area (Å²) in [6, 6.07) is 12.3. The third kappa shape index (κ3) is 5.68. The minimum absolute atomic E-state index is 0.115. The van der Waals surface area contributed by atoms with Gasteiger partial charge in [0.05, 0.1) is 36.4 Å². The Morgan fingerprint density at radius 2 is 2.00 bits per heavy atom. The molecule has 3 aromatic heterocycles. The lowest BCUT2D eigenvalue weighted by Gasteiger charge is -2.20. The van der Waals surface area contributed by atoms with Gasteiger partial charge in [-0.2, -0.15) is 10.2 Å². The third-order valence-electron chi connectivity index (χ3n) is 6.43. The molecule has 2 amide bonds. The van der Waals surface area contributed by atoms with Gasteiger partial charge >= 0.3 is 6.03 Å². The smallest absolute Gasteiger partial charge is 0.320 e. The van der Waals surface area contributed by atoms with Crippen LogP contribution in [0.25, 0.3) is 16.9 Å². The number of nitrogens with zero attached hydrogens (tertiary/aromatic N) is 6. The van der Waals surface area contributed by atoms with E-state index in [1.54, 1.807) is 28.9 Å². The summed E-state index contributed by atoms with van der Waals surface area (Å²) in [4.78, 5) is 19.5. The molecule has 0 spiro atoms. The number of para-hydroxylation sites is 1. The third-order valence-corrected chi connectivity index (χ3v) is 6.43. The number of aromatic nitrogens is 5. The summed E-state index contributed by atoms with van der Waals surface area (Å²) in [7, 11) is 3.50. The van der Waals surface area contributed by atoms with Crippen molar-refractivity contribution in [1.82, 2.24) is 34.8 Å². The highest BCUT2D eigenvalue weighted by Gasteiger charge is 2.35. The van der Waals surface area contributed by atoms with Crippen molar-refractivity contribution in [1.29, 1.82) is 0 Å². The molecule has 4 heterocycles. The second-order valence-corrected chi connectivity index (χ2v) is 9.07. The van der Waals surface area contributed by atoms with E-state index < -0.39 is 5.82 Å². The lowest BCUT2D eigenvalue weighted by molar-refractivity contribution is 0.159. The molecule has 0 radical (unpaired) electrons. The van der Waals surface area contributed by atoms with Crippen molar-refractivity contribution < 1.29 is 13.9 Å². The number of ether oxygens (including phenoxy) is 1. The Labute approximate surface area is 214 Å². The van der Waals surface area contributed by atoms with Gasteiger partial charge < -0.3 is 10.1 Å². The first kappa shape index (κ1) is 24.6. The van der Waals surface area contributed by atoms with Crippen molar-refractivity contribution in [2.75, 3.05) is 38.7 Å². The molecule has 10 nitrogen and oxygen atoms in total. The molecule has 37 heavy (non-hydrogen) atoms. The lowest BCUT2D eigenvalue weighted by atomic mass is 9.96. The topological polar surface area (TPSA) is 102 Å². The monoisotopic (exact) mass is 504 g/mol. The van der Waals surface area contributed by atoms with E-state index in [2.05, 4.69) is 25.6 Å². The SMILES string of the molecule is COCCN1CC(NC(=O)Nc2cc(-c3cnn(C)c3)nn2-c2ccccc2)C(c2cncc(F)c2)C1. The molecule has 1 aliphatic heterocycles. The molecular weight excluding hydrogens is 475 g/mol. The number of anilines is 1. The normalized spacial score (nSPS) is 17.7. The van der Waals surface area contributed by atoms with Crippen LogP contribution in [0.3, 0.4) is 0 Å². The largest absolute Gasteiger partial charge is 0.383 e. The maximum absolute atomic E-state index is 13.9. The number of rotatable bonds is 8. The van der Waals surface area contributed by atoms with Crippen molar-refractivity contribution >= 4 is 11.8 Å². The zero-order valence-electron chi connectivity index (χ0n) is 20.7. The van der Waals surface area contributed by atoms with Crippen molar-refractivity contribution in [3.05, 3.63) is 78.6 Å². The average molecular weight is 505 g/mol. The molecule has 1 saturated heterocycles. The molecule has 2 N–H and O–H groups in total. The zero-order valence-corrected chi connectivity index (χ0v) is 20.7. The molecule has 5 rings (SSSR count). The molecule has 4 aromatic rings. The van der Waals surface area contributed by atoms with Gasteiger partial charge in [-0.3, -0.25) is 19.9 Å². The molecule has 1 aromatic carbocycles. The van der Waals surface area contributed by atoms with Gasteiger partial charge in [0, 0.05) is 63.7 Å². The number of amides is 2. The molecule has 2 atom stereocenters. The molecule has 1 aliphatic rings. The number of hydrogen-bond acceptors (Lipinski definition) is 6. The number of nitrogens with one attached hydrogen (secondary N) is 2. The van der Waals surface area contributed by atoms with Gasteiger partial charge in [-0.15, -0.1) is 0 Å². The number of aryl methyl sites for hydroxylation is 1.